The van der Waals surface area contributed by atoms with Crippen LogP contribution in [0.2, 0.25) is 0 Å². The molecule has 2 heterocycles. The Balaban J connectivity index is 1.70. The summed E-state index contributed by atoms with van der Waals surface area (Å²) in [6, 6.07) is 7.72. The Morgan fingerprint density at radius 1 is 1.28 bits per heavy atom. The van der Waals surface area contributed by atoms with Crippen molar-refractivity contribution in [1.29, 1.82) is 0 Å². The first-order chi connectivity index (χ1) is 12.0. The fourth-order valence-corrected chi connectivity index (χ4v) is 3.26. The largest absolute Gasteiger partial charge is 0.371 e. The number of benzene rings is 1. The highest BCUT2D eigenvalue weighted by atomic mass is 19.3. The second-order valence-electron chi connectivity index (χ2n) is 6.34. The number of rotatable bonds is 5. The second-order valence-corrected chi connectivity index (χ2v) is 6.34. The highest BCUT2D eigenvalue weighted by Gasteiger charge is 2.19. The van der Waals surface area contributed by atoms with Crippen LogP contribution in [0.25, 0.3) is 0 Å². The van der Waals surface area contributed by atoms with Gasteiger partial charge in [-0.25, -0.2) is 4.68 Å². The van der Waals surface area contributed by atoms with E-state index in [1.54, 1.807) is 13.8 Å². The van der Waals surface area contributed by atoms with E-state index in [-0.39, 0.29) is 12.3 Å². The second kappa shape index (κ2) is 7.21. The van der Waals surface area contributed by atoms with Gasteiger partial charge in [-0.2, -0.15) is 13.9 Å². The zero-order valence-corrected chi connectivity index (χ0v) is 14.4. The molecule has 2 aromatic rings. The number of carbonyl (C=O) groups is 1. The summed E-state index contributed by atoms with van der Waals surface area (Å²) >= 11 is 0. The van der Waals surface area contributed by atoms with E-state index in [9.17, 15) is 13.6 Å². The molecule has 25 heavy (non-hydrogen) atoms. The smallest absolute Gasteiger partial charge is 0.333 e. The summed E-state index contributed by atoms with van der Waals surface area (Å²) in [7, 11) is 0. The van der Waals surface area contributed by atoms with E-state index >= 15 is 0 Å². The predicted octanol–water partition coefficient (Wildman–Crippen LogP) is 3.68. The number of aromatic nitrogens is 2. The number of hydrogen-bond donors (Lipinski definition) is 1. The van der Waals surface area contributed by atoms with Crippen molar-refractivity contribution in [3.8, 4) is 0 Å². The first-order valence-corrected chi connectivity index (χ1v) is 8.43. The summed E-state index contributed by atoms with van der Waals surface area (Å²) in [4.78, 5) is 14.6. The molecule has 1 N–H and O–H groups in total. The number of anilines is 2. The van der Waals surface area contributed by atoms with Gasteiger partial charge in [0, 0.05) is 35.7 Å². The summed E-state index contributed by atoms with van der Waals surface area (Å²) in [5, 5.41) is 6.67. The topological polar surface area (TPSA) is 50.2 Å². The number of halogens is 2. The number of aryl methyl sites for hydroxylation is 1. The van der Waals surface area contributed by atoms with Crippen LogP contribution in [-0.4, -0.2) is 28.8 Å². The van der Waals surface area contributed by atoms with Crippen LogP contribution < -0.4 is 10.2 Å². The summed E-state index contributed by atoms with van der Waals surface area (Å²) in [5.74, 6) is -0.237. The van der Waals surface area contributed by atoms with E-state index in [2.05, 4.69) is 15.3 Å². The van der Waals surface area contributed by atoms with Gasteiger partial charge >= 0.3 is 6.55 Å². The zero-order chi connectivity index (χ0) is 18.0. The summed E-state index contributed by atoms with van der Waals surface area (Å²) in [5.41, 5.74) is 3.14. The lowest BCUT2D eigenvalue weighted by atomic mass is 10.1. The average molecular weight is 348 g/mol. The third-order valence-corrected chi connectivity index (χ3v) is 4.60. The highest BCUT2D eigenvalue weighted by Crippen LogP contribution is 2.24. The summed E-state index contributed by atoms with van der Waals surface area (Å²) < 4.78 is 26.4. The van der Waals surface area contributed by atoms with Crippen molar-refractivity contribution in [2.24, 2.45) is 0 Å². The molecule has 0 unspecified atom stereocenters. The third-order valence-electron chi connectivity index (χ3n) is 4.60. The van der Waals surface area contributed by atoms with E-state index < -0.39 is 6.55 Å². The van der Waals surface area contributed by atoms with E-state index in [0.29, 0.717) is 27.3 Å². The molecule has 1 aromatic carbocycles. The summed E-state index contributed by atoms with van der Waals surface area (Å²) in [6.45, 7) is 2.56. The Kier molecular flexibility index (Phi) is 5.01. The van der Waals surface area contributed by atoms with Gasteiger partial charge in [0.25, 0.3) is 0 Å². The van der Waals surface area contributed by atoms with Gasteiger partial charge in [0.1, 0.15) is 0 Å². The van der Waals surface area contributed by atoms with E-state index in [4.69, 9.17) is 0 Å². The standard InChI is InChI=1S/C18H22F2N4O/c1-12-16(13(2)24(22-12)18(19)20)11-17(25)21-14-6-5-7-15(10-14)23-8-3-4-9-23/h5-7,10,18H,3-4,8-9,11H2,1-2H3,(H,21,25). The van der Waals surface area contributed by atoms with Crippen molar-refractivity contribution < 1.29 is 13.6 Å². The van der Waals surface area contributed by atoms with Gasteiger partial charge in [0.2, 0.25) is 5.91 Å². The van der Waals surface area contributed by atoms with Gasteiger partial charge in [-0.05, 0) is 44.9 Å². The van der Waals surface area contributed by atoms with E-state index in [1.807, 2.05) is 24.3 Å². The van der Waals surface area contributed by atoms with Crippen LogP contribution in [0.4, 0.5) is 20.2 Å². The first kappa shape index (κ1) is 17.4. The fourth-order valence-electron chi connectivity index (χ4n) is 3.26. The molecule has 1 aromatic heterocycles. The molecular formula is C18H22F2N4O. The van der Waals surface area contributed by atoms with Crippen LogP contribution in [0.5, 0.6) is 0 Å². The maximum absolute atomic E-state index is 12.9. The zero-order valence-electron chi connectivity index (χ0n) is 14.4. The lowest BCUT2D eigenvalue weighted by Gasteiger charge is -2.18. The average Bonchev–Trinajstić information content (AvgIpc) is 3.19. The molecule has 0 aliphatic carbocycles. The minimum atomic E-state index is -2.70. The van der Waals surface area contributed by atoms with Gasteiger partial charge in [-0.3, -0.25) is 4.79 Å². The maximum atomic E-state index is 12.9. The molecule has 0 radical (unpaired) electrons. The van der Waals surface area contributed by atoms with Crippen molar-refractivity contribution in [2.75, 3.05) is 23.3 Å². The van der Waals surface area contributed by atoms with Gasteiger partial charge in [0.15, 0.2) is 0 Å². The lowest BCUT2D eigenvalue weighted by molar-refractivity contribution is -0.115. The number of amides is 1. The summed E-state index contributed by atoms with van der Waals surface area (Å²) in [6.07, 6.45) is 2.39. The van der Waals surface area contributed by atoms with E-state index in [1.165, 1.54) is 12.8 Å². The number of nitrogens with one attached hydrogen (secondary N) is 1. The number of hydrogen-bond acceptors (Lipinski definition) is 3. The molecule has 1 fully saturated rings. The molecular weight excluding hydrogens is 326 g/mol. The predicted molar refractivity (Wildman–Crippen MR) is 93.2 cm³/mol. The van der Waals surface area contributed by atoms with Crippen molar-refractivity contribution in [3.63, 3.8) is 0 Å². The highest BCUT2D eigenvalue weighted by molar-refractivity contribution is 5.93. The molecule has 0 spiro atoms. The van der Waals surface area contributed by atoms with Crippen LogP contribution in [-0.2, 0) is 11.2 Å². The Labute approximate surface area is 145 Å². The molecule has 134 valence electrons. The maximum Gasteiger partial charge on any atom is 0.333 e. The van der Waals surface area contributed by atoms with Crippen LogP contribution in [0, 0.1) is 13.8 Å². The molecule has 1 saturated heterocycles. The Morgan fingerprint density at radius 3 is 2.64 bits per heavy atom. The number of alkyl halides is 2. The normalized spacial score (nSPS) is 14.4. The SMILES string of the molecule is Cc1nn(C(F)F)c(C)c1CC(=O)Nc1cccc(N2CCCC2)c1. The van der Waals surface area contributed by atoms with Crippen molar-refractivity contribution >= 4 is 17.3 Å². The Bertz CT molecular complexity index is 766. The van der Waals surface area contributed by atoms with Crippen LogP contribution in [0.3, 0.4) is 0 Å². The number of carbonyl (C=O) groups excluding carboxylic acids is 1. The van der Waals surface area contributed by atoms with Crippen LogP contribution >= 0.6 is 0 Å². The molecule has 0 saturated carbocycles. The molecule has 1 aliphatic rings. The van der Waals surface area contributed by atoms with Gasteiger partial charge in [-0.15, -0.1) is 0 Å². The van der Waals surface area contributed by atoms with Crippen LogP contribution in [0.15, 0.2) is 24.3 Å². The molecule has 0 bridgehead atoms. The molecule has 1 amide bonds. The van der Waals surface area contributed by atoms with Crippen molar-refractivity contribution in [3.05, 3.63) is 41.2 Å². The van der Waals surface area contributed by atoms with Gasteiger partial charge < -0.3 is 10.2 Å². The third kappa shape index (κ3) is 3.81. The van der Waals surface area contributed by atoms with Gasteiger partial charge in [0.05, 0.1) is 12.1 Å². The lowest BCUT2D eigenvalue weighted by Crippen LogP contribution is -2.19. The Hall–Kier alpha value is -2.44. The molecule has 0 atom stereocenters. The molecule has 1 aliphatic heterocycles. The minimum absolute atomic E-state index is 0.0261. The number of nitrogens with zero attached hydrogens (tertiary/aromatic N) is 3. The molecule has 5 nitrogen and oxygen atoms in total. The van der Waals surface area contributed by atoms with E-state index in [0.717, 1.165) is 18.8 Å². The first-order valence-electron chi connectivity index (χ1n) is 8.43. The Morgan fingerprint density at radius 2 is 2.00 bits per heavy atom. The fraction of sp³-hybridized carbons (Fsp3) is 0.444. The van der Waals surface area contributed by atoms with Crippen molar-refractivity contribution in [1.82, 2.24) is 9.78 Å². The van der Waals surface area contributed by atoms with Crippen molar-refractivity contribution in [2.45, 2.75) is 39.7 Å². The van der Waals surface area contributed by atoms with Gasteiger partial charge in [-0.1, -0.05) is 6.07 Å². The molecule has 7 heteroatoms. The quantitative estimate of drug-likeness (QED) is 0.897. The minimum Gasteiger partial charge on any atom is -0.371 e. The molecule has 3 rings (SSSR count). The van der Waals surface area contributed by atoms with Crippen LogP contribution in [0.1, 0.15) is 36.3 Å². The monoisotopic (exact) mass is 348 g/mol.